The van der Waals surface area contributed by atoms with Gasteiger partial charge in [-0.2, -0.15) is 4.31 Å². The topological polar surface area (TPSA) is 57.7 Å². The third kappa shape index (κ3) is 4.16. The lowest BCUT2D eigenvalue weighted by atomic mass is 9.94. The van der Waals surface area contributed by atoms with E-state index in [4.69, 9.17) is 0 Å². The van der Waals surface area contributed by atoms with Crippen LogP contribution in [0.1, 0.15) is 49.3 Å². The summed E-state index contributed by atoms with van der Waals surface area (Å²) < 4.78 is 27.6. The molecule has 5 nitrogen and oxygen atoms in total. The van der Waals surface area contributed by atoms with Gasteiger partial charge in [0, 0.05) is 32.1 Å². The molecule has 2 aromatic rings. The van der Waals surface area contributed by atoms with Crippen LogP contribution in [0.5, 0.6) is 0 Å². The number of amides is 1. The quantitative estimate of drug-likeness (QED) is 0.747. The molecule has 160 valence electrons. The largest absolute Gasteiger partial charge is 0.338 e. The summed E-state index contributed by atoms with van der Waals surface area (Å²) in [5, 5.41) is 0. The van der Waals surface area contributed by atoms with Crippen LogP contribution in [0.15, 0.2) is 53.4 Å². The Bertz CT molecular complexity index is 1010. The van der Waals surface area contributed by atoms with Crippen LogP contribution in [0.25, 0.3) is 0 Å². The zero-order valence-corrected chi connectivity index (χ0v) is 18.6. The molecular weight excluding hydrogens is 396 g/mol. The second-order valence-electron chi connectivity index (χ2n) is 8.68. The van der Waals surface area contributed by atoms with Crippen molar-refractivity contribution in [1.82, 2.24) is 9.21 Å². The fraction of sp³-hybridized carbons (Fsp3) is 0.458. The molecule has 2 aromatic carbocycles. The number of benzene rings is 2. The molecule has 0 bridgehead atoms. The Hall–Kier alpha value is -2.18. The average Bonchev–Trinajstić information content (AvgIpc) is 2.78. The van der Waals surface area contributed by atoms with Crippen molar-refractivity contribution in [3.63, 3.8) is 0 Å². The second kappa shape index (κ2) is 8.52. The smallest absolute Gasteiger partial charge is 0.243 e. The first-order valence-corrected chi connectivity index (χ1v) is 12.3. The fourth-order valence-electron chi connectivity index (χ4n) is 4.46. The minimum absolute atomic E-state index is 0.0926. The van der Waals surface area contributed by atoms with E-state index in [0.29, 0.717) is 43.3 Å². The molecule has 0 aromatic heterocycles. The molecule has 0 unspecified atom stereocenters. The van der Waals surface area contributed by atoms with E-state index in [1.54, 1.807) is 12.1 Å². The molecule has 0 atom stereocenters. The van der Waals surface area contributed by atoms with Gasteiger partial charge in [0.1, 0.15) is 0 Å². The van der Waals surface area contributed by atoms with E-state index in [1.165, 1.54) is 15.4 Å². The first kappa shape index (κ1) is 21.1. The number of sulfonamides is 1. The molecule has 2 aliphatic heterocycles. The van der Waals surface area contributed by atoms with Gasteiger partial charge in [-0.1, -0.05) is 50.2 Å². The van der Waals surface area contributed by atoms with Gasteiger partial charge in [-0.3, -0.25) is 4.79 Å². The Morgan fingerprint density at radius 1 is 0.933 bits per heavy atom. The van der Waals surface area contributed by atoms with Gasteiger partial charge >= 0.3 is 0 Å². The van der Waals surface area contributed by atoms with E-state index in [0.717, 1.165) is 18.5 Å². The predicted molar refractivity (Wildman–Crippen MR) is 118 cm³/mol. The number of piperidine rings is 1. The molecule has 0 radical (unpaired) electrons. The third-order valence-corrected chi connectivity index (χ3v) is 8.34. The molecule has 6 heteroatoms. The van der Waals surface area contributed by atoms with Crippen LogP contribution in [0.2, 0.25) is 0 Å². The number of rotatable bonds is 4. The molecule has 30 heavy (non-hydrogen) atoms. The zero-order valence-electron chi connectivity index (χ0n) is 17.8. The maximum atomic E-state index is 13.0. The third-order valence-electron chi connectivity index (χ3n) is 6.43. The maximum absolute atomic E-state index is 13.0. The molecule has 2 aliphatic rings. The molecule has 0 spiro atoms. The van der Waals surface area contributed by atoms with E-state index in [9.17, 15) is 13.2 Å². The van der Waals surface area contributed by atoms with E-state index >= 15 is 0 Å². The van der Waals surface area contributed by atoms with Crippen molar-refractivity contribution in [3.05, 3.63) is 65.2 Å². The van der Waals surface area contributed by atoms with Crippen molar-refractivity contribution in [3.8, 4) is 0 Å². The lowest BCUT2D eigenvalue weighted by Crippen LogP contribution is -2.45. The van der Waals surface area contributed by atoms with Gasteiger partial charge in [-0.05, 0) is 54.0 Å². The summed E-state index contributed by atoms with van der Waals surface area (Å²) in [5.74, 6) is 0.443. The Morgan fingerprint density at radius 2 is 1.57 bits per heavy atom. The highest BCUT2D eigenvalue weighted by Crippen LogP contribution is 2.28. The van der Waals surface area contributed by atoms with Gasteiger partial charge in [0.05, 0.1) is 4.90 Å². The Labute approximate surface area is 179 Å². The number of hydrogen-bond donors (Lipinski definition) is 0. The van der Waals surface area contributed by atoms with E-state index < -0.39 is 10.0 Å². The highest BCUT2D eigenvalue weighted by molar-refractivity contribution is 7.89. The van der Waals surface area contributed by atoms with Gasteiger partial charge in [0.2, 0.25) is 15.9 Å². The molecule has 1 saturated heterocycles. The van der Waals surface area contributed by atoms with Crippen molar-refractivity contribution in [2.75, 3.05) is 19.6 Å². The highest BCUT2D eigenvalue weighted by atomic mass is 32.2. The lowest BCUT2D eigenvalue weighted by molar-refractivity contribution is -0.137. The molecule has 2 heterocycles. The summed E-state index contributed by atoms with van der Waals surface area (Å²) >= 11 is 0. The van der Waals surface area contributed by atoms with Crippen LogP contribution >= 0.6 is 0 Å². The molecule has 0 N–H and O–H groups in total. The summed E-state index contributed by atoms with van der Waals surface area (Å²) in [4.78, 5) is 15.3. The first-order valence-electron chi connectivity index (χ1n) is 10.8. The molecule has 1 fully saturated rings. The normalized spacial score (nSPS) is 18.4. The van der Waals surface area contributed by atoms with Crippen molar-refractivity contribution in [2.45, 2.75) is 50.5 Å². The van der Waals surface area contributed by atoms with E-state index in [2.05, 4.69) is 26.0 Å². The Morgan fingerprint density at radius 3 is 2.20 bits per heavy atom. The summed E-state index contributed by atoms with van der Waals surface area (Å²) in [6.45, 7) is 6.38. The van der Waals surface area contributed by atoms with Crippen LogP contribution in [0.3, 0.4) is 0 Å². The van der Waals surface area contributed by atoms with Crippen molar-refractivity contribution in [2.24, 2.45) is 5.92 Å². The predicted octanol–water partition coefficient (Wildman–Crippen LogP) is 3.80. The van der Waals surface area contributed by atoms with Gasteiger partial charge in [-0.25, -0.2) is 8.42 Å². The minimum atomic E-state index is -3.51. The second-order valence-corrected chi connectivity index (χ2v) is 10.6. The summed E-state index contributed by atoms with van der Waals surface area (Å²) in [7, 11) is -3.51. The number of nitrogens with zero attached hydrogens (tertiary/aromatic N) is 2. The average molecular weight is 427 g/mol. The number of carbonyl (C=O) groups is 1. The van der Waals surface area contributed by atoms with E-state index in [1.807, 2.05) is 29.2 Å². The number of carbonyl (C=O) groups excluding carboxylic acids is 1. The summed E-state index contributed by atoms with van der Waals surface area (Å²) in [6.07, 6.45) is 2.06. The van der Waals surface area contributed by atoms with Gasteiger partial charge in [-0.15, -0.1) is 0 Å². The van der Waals surface area contributed by atoms with Crippen molar-refractivity contribution < 1.29 is 13.2 Å². The van der Waals surface area contributed by atoms with Crippen LogP contribution in [-0.4, -0.2) is 43.2 Å². The van der Waals surface area contributed by atoms with Crippen LogP contribution in [-0.2, 0) is 27.8 Å². The molecule has 0 saturated carbocycles. The lowest BCUT2D eigenvalue weighted by Gasteiger charge is -2.35. The fourth-order valence-corrected chi connectivity index (χ4v) is 5.93. The molecule has 1 amide bonds. The van der Waals surface area contributed by atoms with E-state index in [-0.39, 0.29) is 11.8 Å². The number of fused-ring (bicyclic) bond motifs is 1. The number of hydrogen-bond acceptors (Lipinski definition) is 3. The zero-order chi connectivity index (χ0) is 21.3. The first-order chi connectivity index (χ1) is 14.4. The molecule has 0 aliphatic carbocycles. The SMILES string of the molecule is CC(C)c1ccc(S(=O)(=O)N2CCC(C(=O)N3CCc4ccccc4C3)CC2)cc1. The van der Waals surface area contributed by atoms with Gasteiger partial charge < -0.3 is 4.90 Å². The minimum Gasteiger partial charge on any atom is -0.338 e. The van der Waals surface area contributed by atoms with Crippen molar-refractivity contribution >= 4 is 15.9 Å². The highest BCUT2D eigenvalue weighted by Gasteiger charge is 2.34. The van der Waals surface area contributed by atoms with Gasteiger partial charge in [0.25, 0.3) is 0 Å². The standard InChI is InChI=1S/C24H30N2O3S/c1-18(2)19-7-9-23(10-8-19)30(28,29)26-15-12-21(13-16-26)24(27)25-14-11-20-5-3-4-6-22(20)17-25/h3-10,18,21H,11-17H2,1-2H3. The Balaban J connectivity index is 1.38. The van der Waals surface area contributed by atoms with Crippen LogP contribution in [0.4, 0.5) is 0 Å². The molecule has 4 rings (SSSR count). The van der Waals surface area contributed by atoms with Crippen molar-refractivity contribution in [1.29, 1.82) is 0 Å². The van der Waals surface area contributed by atoms with Gasteiger partial charge in [0.15, 0.2) is 0 Å². The molecular formula is C24H30N2O3S. The summed E-state index contributed by atoms with van der Waals surface area (Å²) in [6, 6.07) is 15.5. The maximum Gasteiger partial charge on any atom is 0.243 e. The van der Waals surface area contributed by atoms with Crippen LogP contribution < -0.4 is 0 Å². The monoisotopic (exact) mass is 426 g/mol. The summed E-state index contributed by atoms with van der Waals surface area (Å²) in [5.41, 5.74) is 3.68. The Kier molecular flexibility index (Phi) is 5.98. The van der Waals surface area contributed by atoms with Crippen LogP contribution in [0, 0.1) is 5.92 Å².